The number of hydrogen-bond donors (Lipinski definition) is 1. The van der Waals surface area contributed by atoms with Gasteiger partial charge in [-0.2, -0.15) is 0 Å². The molecule has 1 aliphatic heterocycles. The summed E-state index contributed by atoms with van der Waals surface area (Å²) in [5, 5.41) is 3.52. The van der Waals surface area contributed by atoms with Crippen molar-refractivity contribution in [1.82, 2.24) is 10.2 Å². The first-order chi connectivity index (χ1) is 8.16. The number of hydrogen-bond acceptors (Lipinski definition) is 3. The highest BCUT2D eigenvalue weighted by molar-refractivity contribution is 5.33. The minimum Gasteiger partial charge on any atom is -0.497 e. The van der Waals surface area contributed by atoms with Crippen LogP contribution in [0.5, 0.6) is 5.75 Å². The third kappa shape index (κ3) is 2.45. The lowest BCUT2D eigenvalue weighted by Gasteiger charge is -2.38. The molecule has 1 fully saturated rings. The third-order valence-corrected chi connectivity index (χ3v) is 3.85. The molecule has 3 nitrogen and oxygen atoms in total. The average molecular weight is 234 g/mol. The molecule has 1 heterocycles. The zero-order valence-electron chi connectivity index (χ0n) is 11.0. The van der Waals surface area contributed by atoms with Crippen molar-refractivity contribution in [2.24, 2.45) is 0 Å². The van der Waals surface area contributed by atoms with E-state index < -0.39 is 0 Å². The quantitative estimate of drug-likeness (QED) is 0.845. The number of nitrogens with zero attached hydrogens (tertiary/aromatic N) is 1. The van der Waals surface area contributed by atoms with E-state index in [1.165, 1.54) is 12.0 Å². The van der Waals surface area contributed by atoms with E-state index in [2.05, 4.69) is 42.4 Å². The highest BCUT2D eigenvalue weighted by Gasteiger charge is 2.32. The maximum absolute atomic E-state index is 5.32. The summed E-state index contributed by atoms with van der Waals surface area (Å²) in [5.74, 6) is 0.932. The van der Waals surface area contributed by atoms with Gasteiger partial charge in [-0.1, -0.05) is 12.1 Å². The summed E-state index contributed by atoms with van der Waals surface area (Å²) in [5.41, 5.74) is 1.36. The molecule has 0 aliphatic carbocycles. The van der Waals surface area contributed by atoms with E-state index in [0.29, 0.717) is 0 Å². The molecule has 1 aromatic carbocycles. The Morgan fingerprint density at radius 2 is 2.24 bits per heavy atom. The van der Waals surface area contributed by atoms with Gasteiger partial charge >= 0.3 is 0 Å². The number of nitrogens with one attached hydrogen (secondary N) is 1. The first-order valence-corrected chi connectivity index (χ1v) is 6.23. The number of rotatable bonds is 2. The van der Waals surface area contributed by atoms with E-state index in [-0.39, 0.29) is 5.54 Å². The fourth-order valence-corrected chi connectivity index (χ4v) is 2.44. The molecule has 1 N–H and O–H groups in total. The molecule has 0 saturated carbocycles. The van der Waals surface area contributed by atoms with E-state index in [1.807, 2.05) is 6.07 Å². The van der Waals surface area contributed by atoms with E-state index in [0.717, 1.165) is 25.4 Å². The number of likely N-dealkylation sites (N-methyl/N-ethyl adjacent to an activating group) is 1. The topological polar surface area (TPSA) is 24.5 Å². The zero-order valence-corrected chi connectivity index (χ0v) is 11.0. The summed E-state index contributed by atoms with van der Waals surface area (Å²) in [7, 11) is 3.92. The lowest BCUT2D eigenvalue weighted by Crippen LogP contribution is -2.46. The lowest BCUT2D eigenvalue weighted by molar-refractivity contribution is 0.151. The van der Waals surface area contributed by atoms with Crippen molar-refractivity contribution in [3.8, 4) is 5.75 Å². The van der Waals surface area contributed by atoms with Crippen LogP contribution in [-0.2, 0) is 5.54 Å². The first-order valence-electron chi connectivity index (χ1n) is 6.23. The van der Waals surface area contributed by atoms with E-state index in [9.17, 15) is 0 Å². The van der Waals surface area contributed by atoms with Gasteiger partial charge in [-0.05, 0) is 51.2 Å². The molecular weight excluding hydrogens is 212 g/mol. The molecule has 1 saturated heterocycles. The van der Waals surface area contributed by atoms with Gasteiger partial charge in [0.05, 0.1) is 12.6 Å². The number of methoxy groups -OCH3 is 1. The van der Waals surface area contributed by atoms with Crippen LogP contribution in [0.15, 0.2) is 24.3 Å². The second kappa shape index (κ2) is 5.07. The van der Waals surface area contributed by atoms with Crippen LogP contribution in [-0.4, -0.2) is 38.7 Å². The van der Waals surface area contributed by atoms with Crippen LogP contribution >= 0.6 is 0 Å². The van der Waals surface area contributed by atoms with Gasteiger partial charge in [-0.15, -0.1) is 0 Å². The number of ether oxygens (including phenoxy) is 1. The van der Waals surface area contributed by atoms with Crippen LogP contribution < -0.4 is 10.1 Å². The van der Waals surface area contributed by atoms with Crippen LogP contribution in [0.1, 0.15) is 18.9 Å². The van der Waals surface area contributed by atoms with Gasteiger partial charge in [0.2, 0.25) is 0 Å². The molecule has 2 rings (SSSR count). The van der Waals surface area contributed by atoms with Gasteiger partial charge in [0.1, 0.15) is 5.75 Å². The van der Waals surface area contributed by atoms with Crippen molar-refractivity contribution >= 4 is 0 Å². The Bertz CT molecular complexity index is 380. The summed E-state index contributed by atoms with van der Waals surface area (Å²) >= 11 is 0. The molecule has 1 aromatic rings. The standard InChI is InChI=1S/C14H22N2O/c1-14(11-15-8-5-9-16(14)2)12-6-4-7-13(10-12)17-3/h4,6-7,10,15H,5,8-9,11H2,1-3H3. The highest BCUT2D eigenvalue weighted by Crippen LogP contribution is 2.30. The van der Waals surface area contributed by atoms with Crippen LogP contribution in [0.2, 0.25) is 0 Å². The normalized spacial score (nSPS) is 26.5. The van der Waals surface area contributed by atoms with Crippen LogP contribution in [0.25, 0.3) is 0 Å². The van der Waals surface area contributed by atoms with Gasteiger partial charge in [-0.25, -0.2) is 0 Å². The maximum Gasteiger partial charge on any atom is 0.119 e. The molecule has 0 amide bonds. The summed E-state index contributed by atoms with van der Waals surface area (Å²) < 4.78 is 5.32. The predicted octanol–water partition coefficient (Wildman–Crippen LogP) is 1.84. The SMILES string of the molecule is COc1cccc(C2(C)CNCCCN2C)c1. The van der Waals surface area contributed by atoms with Gasteiger partial charge in [0, 0.05) is 6.54 Å². The Morgan fingerprint density at radius 1 is 1.41 bits per heavy atom. The van der Waals surface area contributed by atoms with Gasteiger partial charge in [-0.3, -0.25) is 4.90 Å². The molecule has 1 unspecified atom stereocenters. The summed E-state index contributed by atoms with van der Waals surface area (Å²) in [4.78, 5) is 2.43. The second-order valence-electron chi connectivity index (χ2n) is 4.96. The van der Waals surface area contributed by atoms with Gasteiger partial charge in [0.15, 0.2) is 0 Å². The molecule has 1 atom stereocenters. The molecule has 94 valence electrons. The lowest BCUT2D eigenvalue weighted by atomic mass is 9.90. The van der Waals surface area contributed by atoms with Crippen LogP contribution in [0.4, 0.5) is 0 Å². The third-order valence-electron chi connectivity index (χ3n) is 3.85. The van der Waals surface area contributed by atoms with Crippen LogP contribution in [0.3, 0.4) is 0 Å². The summed E-state index contributed by atoms with van der Waals surface area (Å²) in [6.45, 7) is 5.50. The highest BCUT2D eigenvalue weighted by atomic mass is 16.5. The summed E-state index contributed by atoms with van der Waals surface area (Å²) in [6, 6.07) is 8.39. The molecule has 0 bridgehead atoms. The fraction of sp³-hybridized carbons (Fsp3) is 0.571. The molecule has 1 aliphatic rings. The second-order valence-corrected chi connectivity index (χ2v) is 4.96. The van der Waals surface area contributed by atoms with E-state index in [1.54, 1.807) is 7.11 Å². The van der Waals surface area contributed by atoms with Crippen molar-refractivity contribution < 1.29 is 4.74 Å². The van der Waals surface area contributed by atoms with Crippen molar-refractivity contribution in [3.63, 3.8) is 0 Å². The van der Waals surface area contributed by atoms with Crippen molar-refractivity contribution in [2.45, 2.75) is 18.9 Å². The molecular formula is C14H22N2O. The first kappa shape index (κ1) is 12.4. The molecule has 0 radical (unpaired) electrons. The molecule has 0 aromatic heterocycles. The van der Waals surface area contributed by atoms with Crippen LogP contribution in [0, 0.1) is 0 Å². The Morgan fingerprint density at radius 3 is 3.00 bits per heavy atom. The van der Waals surface area contributed by atoms with Gasteiger partial charge in [0.25, 0.3) is 0 Å². The minimum atomic E-state index is 0.0467. The molecule has 0 spiro atoms. The van der Waals surface area contributed by atoms with Crippen molar-refractivity contribution in [3.05, 3.63) is 29.8 Å². The molecule has 17 heavy (non-hydrogen) atoms. The Hall–Kier alpha value is -1.06. The Labute approximate surface area is 104 Å². The fourth-order valence-electron chi connectivity index (χ4n) is 2.44. The Balaban J connectivity index is 2.33. The van der Waals surface area contributed by atoms with Gasteiger partial charge < -0.3 is 10.1 Å². The smallest absolute Gasteiger partial charge is 0.119 e. The predicted molar refractivity (Wildman–Crippen MR) is 70.5 cm³/mol. The minimum absolute atomic E-state index is 0.0467. The maximum atomic E-state index is 5.32. The Kier molecular flexibility index (Phi) is 3.69. The van der Waals surface area contributed by atoms with E-state index in [4.69, 9.17) is 4.74 Å². The van der Waals surface area contributed by atoms with Crippen molar-refractivity contribution in [1.29, 1.82) is 0 Å². The van der Waals surface area contributed by atoms with Crippen molar-refractivity contribution in [2.75, 3.05) is 33.8 Å². The molecule has 3 heteroatoms. The zero-order chi connectivity index (χ0) is 12.3. The largest absolute Gasteiger partial charge is 0.497 e. The van der Waals surface area contributed by atoms with E-state index >= 15 is 0 Å². The monoisotopic (exact) mass is 234 g/mol. The average Bonchev–Trinajstić information content (AvgIpc) is 2.53. The number of benzene rings is 1. The summed E-state index contributed by atoms with van der Waals surface area (Å²) in [6.07, 6.45) is 1.20.